The van der Waals surface area contributed by atoms with Crippen LogP contribution in [0.3, 0.4) is 0 Å². The number of benzene rings is 2. The maximum atomic E-state index is 13.2. The van der Waals surface area contributed by atoms with Crippen molar-refractivity contribution in [2.24, 2.45) is 0 Å². The second-order valence-electron chi connectivity index (χ2n) is 7.51. The molecule has 0 atom stereocenters. The third kappa shape index (κ3) is 4.55. The van der Waals surface area contributed by atoms with E-state index in [2.05, 4.69) is 4.90 Å². The first-order chi connectivity index (χ1) is 14.8. The fraction of sp³-hybridized carbons (Fsp3) is 0.318. The SMILES string of the molecule is COc1ccc(-c2csc(N3CCC(S(=O)(=O)c4cc(C)c(Cl)cc4Cl)CC3)n2)cc1. The number of rotatable bonds is 5. The molecule has 0 N–H and O–H groups in total. The van der Waals surface area contributed by atoms with E-state index in [0.29, 0.717) is 36.5 Å². The molecule has 0 bridgehead atoms. The van der Waals surface area contributed by atoms with Crippen molar-refractivity contribution in [1.29, 1.82) is 0 Å². The molecule has 0 spiro atoms. The highest BCUT2D eigenvalue weighted by molar-refractivity contribution is 7.92. The molecule has 0 radical (unpaired) electrons. The van der Waals surface area contributed by atoms with Gasteiger partial charge in [-0.3, -0.25) is 0 Å². The highest BCUT2D eigenvalue weighted by atomic mass is 35.5. The van der Waals surface area contributed by atoms with Gasteiger partial charge in [0, 0.05) is 29.1 Å². The van der Waals surface area contributed by atoms with Gasteiger partial charge in [-0.05, 0) is 61.7 Å². The van der Waals surface area contributed by atoms with Crippen LogP contribution < -0.4 is 9.64 Å². The van der Waals surface area contributed by atoms with E-state index in [0.717, 1.165) is 22.1 Å². The second-order valence-corrected chi connectivity index (χ2v) is 11.4. The van der Waals surface area contributed by atoms with Crippen molar-refractivity contribution in [2.45, 2.75) is 29.9 Å². The third-order valence-corrected chi connectivity index (χ3v) is 9.58. The number of piperidine rings is 1. The normalized spacial score (nSPS) is 15.3. The highest BCUT2D eigenvalue weighted by Crippen LogP contribution is 2.35. The quantitative estimate of drug-likeness (QED) is 0.441. The first-order valence-corrected chi connectivity index (χ1v) is 13.0. The molecular formula is C22H22Cl2N2O3S2. The predicted octanol–water partition coefficient (Wildman–Crippen LogP) is 5.88. The van der Waals surface area contributed by atoms with E-state index in [1.807, 2.05) is 29.6 Å². The van der Waals surface area contributed by atoms with Crippen molar-refractivity contribution in [2.75, 3.05) is 25.1 Å². The minimum atomic E-state index is -3.53. The average molecular weight is 497 g/mol. The summed E-state index contributed by atoms with van der Waals surface area (Å²) in [5.74, 6) is 0.804. The van der Waals surface area contributed by atoms with Crippen LogP contribution in [0.5, 0.6) is 5.75 Å². The van der Waals surface area contributed by atoms with Gasteiger partial charge in [0.05, 0.1) is 28.0 Å². The Kier molecular flexibility index (Phi) is 6.49. The Morgan fingerprint density at radius 3 is 2.42 bits per heavy atom. The van der Waals surface area contributed by atoms with Gasteiger partial charge in [0.1, 0.15) is 5.75 Å². The summed E-state index contributed by atoms with van der Waals surface area (Å²) >= 11 is 13.9. The Morgan fingerprint density at radius 2 is 1.77 bits per heavy atom. The lowest BCUT2D eigenvalue weighted by Gasteiger charge is -2.31. The molecule has 1 aromatic heterocycles. The molecule has 31 heavy (non-hydrogen) atoms. The largest absolute Gasteiger partial charge is 0.497 e. The molecular weight excluding hydrogens is 475 g/mol. The summed E-state index contributed by atoms with van der Waals surface area (Å²) in [6.07, 6.45) is 1.05. The van der Waals surface area contributed by atoms with Crippen molar-refractivity contribution in [3.8, 4) is 17.0 Å². The van der Waals surface area contributed by atoms with Gasteiger partial charge >= 0.3 is 0 Å². The molecule has 5 nitrogen and oxygen atoms in total. The number of sulfone groups is 1. The Labute approximate surface area is 196 Å². The zero-order valence-electron chi connectivity index (χ0n) is 17.1. The first-order valence-electron chi connectivity index (χ1n) is 9.84. The average Bonchev–Trinajstić information content (AvgIpc) is 3.26. The zero-order valence-corrected chi connectivity index (χ0v) is 20.3. The topological polar surface area (TPSA) is 59.5 Å². The van der Waals surface area contributed by atoms with Crippen LogP contribution in [0, 0.1) is 6.92 Å². The fourth-order valence-corrected chi connectivity index (χ4v) is 7.15. The molecule has 4 rings (SSSR count). The summed E-state index contributed by atoms with van der Waals surface area (Å²) in [5.41, 5.74) is 2.63. The van der Waals surface area contributed by atoms with E-state index in [1.54, 1.807) is 31.4 Å². The summed E-state index contributed by atoms with van der Waals surface area (Å²) < 4.78 is 31.6. The Bertz CT molecular complexity index is 1190. The molecule has 1 aliphatic rings. The van der Waals surface area contributed by atoms with E-state index in [4.69, 9.17) is 32.9 Å². The molecule has 0 unspecified atom stereocenters. The van der Waals surface area contributed by atoms with Crippen molar-refractivity contribution >= 4 is 49.5 Å². The number of aromatic nitrogens is 1. The van der Waals surface area contributed by atoms with Gasteiger partial charge in [-0.2, -0.15) is 0 Å². The standard InChI is InChI=1S/C22H22Cl2N2O3S2/c1-14-11-21(19(24)12-18(14)23)31(27,28)17-7-9-26(10-8-17)22-25-20(13-30-22)15-3-5-16(29-2)6-4-15/h3-6,11-13,17H,7-10H2,1-2H3. The molecule has 2 heterocycles. The molecule has 0 saturated carbocycles. The van der Waals surface area contributed by atoms with Gasteiger partial charge in [0.2, 0.25) is 0 Å². The lowest BCUT2D eigenvalue weighted by molar-refractivity contribution is 0.415. The van der Waals surface area contributed by atoms with Gasteiger partial charge < -0.3 is 9.64 Å². The van der Waals surface area contributed by atoms with Gasteiger partial charge in [0.15, 0.2) is 15.0 Å². The van der Waals surface area contributed by atoms with Crippen LogP contribution in [0.4, 0.5) is 5.13 Å². The van der Waals surface area contributed by atoms with E-state index >= 15 is 0 Å². The molecule has 2 aromatic carbocycles. The molecule has 1 fully saturated rings. The van der Waals surface area contributed by atoms with Gasteiger partial charge in [-0.25, -0.2) is 13.4 Å². The molecule has 1 saturated heterocycles. The van der Waals surface area contributed by atoms with Crippen LogP contribution in [0.1, 0.15) is 18.4 Å². The van der Waals surface area contributed by atoms with Crippen LogP contribution in [0.25, 0.3) is 11.3 Å². The fourth-order valence-electron chi connectivity index (χ4n) is 3.69. The van der Waals surface area contributed by atoms with Gasteiger partial charge in [-0.1, -0.05) is 23.2 Å². The lowest BCUT2D eigenvalue weighted by Crippen LogP contribution is -2.39. The van der Waals surface area contributed by atoms with E-state index in [1.165, 1.54) is 6.07 Å². The number of ether oxygens (including phenoxy) is 1. The molecule has 164 valence electrons. The minimum absolute atomic E-state index is 0.172. The molecule has 9 heteroatoms. The maximum Gasteiger partial charge on any atom is 0.185 e. The number of nitrogens with zero attached hydrogens (tertiary/aromatic N) is 2. The summed E-state index contributed by atoms with van der Waals surface area (Å²) in [6.45, 7) is 3.04. The number of thiazole rings is 1. The smallest absolute Gasteiger partial charge is 0.185 e. The molecule has 1 aliphatic heterocycles. The molecule has 0 amide bonds. The van der Waals surface area contributed by atoms with E-state index in [-0.39, 0.29) is 9.92 Å². The number of halogens is 2. The summed E-state index contributed by atoms with van der Waals surface area (Å²) in [4.78, 5) is 7.08. The van der Waals surface area contributed by atoms with Crippen LogP contribution in [-0.2, 0) is 9.84 Å². The zero-order chi connectivity index (χ0) is 22.2. The van der Waals surface area contributed by atoms with Gasteiger partial charge in [-0.15, -0.1) is 11.3 Å². The molecule has 0 aliphatic carbocycles. The van der Waals surface area contributed by atoms with Crippen molar-refractivity contribution in [3.05, 3.63) is 57.4 Å². The van der Waals surface area contributed by atoms with Crippen LogP contribution in [0.2, 0.25) is 10.0 Å². The maximum absolute atomic E-state index is 13.2. The first kappa shape index (κ1) is 22.4. The number of hydrogen-bond donors (Lipinski definition) is 0. The van der Waals surface area contributed by atoms with Crippen molar-refractivity contribution in [3.63, 3.8) is 0 Å². The third-order valence-electron chi connectivity index (χ3n) is 5.55. The second kappa shape index (κ2) is 8.98. The summed E-state index contributed by atoms with van der Waals surface area (Å²) in [6, 6.07) is 10.9. The number of hydrogen-bond acceptors (Lipinski definition) is 6. The Hall–Kier alpha value is -1.80. The van der Waals surface area contributed by atoms with Crippen molar-refractivity contribution < 1.29 is 13.2 Å². The minimum Gasteiger partial charge on any atom is -0.497 e. The summed E-state index contributed by atoms with van der Waals surface area (Å²) in [7, 11) is -1.89. The predicted molar refractivity (Wildman–Crippen MR) is 128 cm³/mol. The number of methoxy groups -OCH3 is 1. The van der Waals surface area contributed by atoms with Crippen LogP contribution >= 0.6 is 34.5 Å². The van der Waals surface area contributed by atoms with E-state index < -0.39 is 15.1 Å². The summed E-state index contributed by atoms with van der Waals surface area (Å²) in [5, 5.41) is 3.11. The van der Waals surface area contributed by atoms with Crippen molar-refractivity contribution in [1.82, 2.24) is 4.98 Å². The number of aryl methyl sites for hydroxylation is 1. The highest BCUT2D eigenvalue weighted by Gasteiger charge is 2.33. The number of anilines is 1. The lowest BCUT2D eigenvalue weighted by atomic mass is 10.1. The monoisotopic (exact) mass is 496 g/mol. The van der Waals surface area contributed by atoms with Gasteiger partial charge in [0.25, 0.3) is 0 Å². The molecule has 3 aromatic rings. The van der Waals surface area contributed by atoms with Crippen LogP contribution in [0.15, 0.2) is 46.7 Å². The Balaban J connectivity index is 1.46. The Morgan fingerprint density at radius 1 is 1.10 bits per heavy atom. The van der Waals surface area contributed by atoms with Crippen LogP contribution in [-0.4, -0.2) is 38.9 Å². The van der Waals surface area contributed by atoms with E-state index in [9.17, 15) is 8.42 Å².